The molecule has 0 atom stereocenters. The van der Waals surface area contributed by atoms with Crippen molar-refractivity contribution in [3.63, 3.8) is 0 Å². The molecule has 0 aliphatic carbocycles. The first-order valence-electron chi connectivity index (χ1n) is 6.88. The smallest absolute Gasteiger partial charge is 0.244 e. The van der Waals surface area contributed by atoms with Gasteiger partial charge in [0.25, 0.3) is 0 Å². The number of carbonyl (C=O) groups excluding carboxylic acids is 1. The summed E-state index contributed by atoms with van der Waals surface area (Å²) in [6.07, 6.45) is 1.61. The van der Waals surface area contributed by atoms with E-state index in [0.717, 1.165) is 4.47 Å². The van der Waals surface area contributed by atoms with Crippen LogP contribution in [0.3, 0.4) is 0 Å². The normalized spacial score (nSPS) is 10.7. The lowest BCUT2D eigenvalue weighted by molar-refractivity contribution is -0.116. The van der Waals surface area contributed by atoms with E-state index in [2.05, 4.69) is 21.2 Å². The Kier molecular flexibility index (Phi) is 4.50. The number of benzene rings is 2. The fraction of sp³-hybridized carbons (Fsp3) is 0.0588. The SMILES string of the molecule is O=C(Cn1ccc(=O)c2cc(Cl)ccc21)Nc1ccccc1Br. The molecule has 0 spiro atoms. The number of hydrogen-bond acceptors (Lipinski definition) is 2. The van der Waals surface area contributed by atoms with Gasteiger partial charge in [0.15, 0.2) is 5.43 Å². The van der Waals surface area contributed by atoms with Crippen LogP contribution in [0.15, 0.2) is 64.0 Å². The number of fused-ring (bicyclic) bond motifs is 1. The van der Waals surface area contributed by atoms with Crippen LogP contribution in [-0.4, -0.2) is 10.5 Å². The third-order valence-corrected chi connectivity index (χ3v) is 4.33. The Hall–Kier alpha value is -2.11. The van der Waals surface area contributed by atoms with Crippen LogP contribution in [-0.2, 0) is 11.3 Å². The van der Waals surface area contributed by atoms with Gasteiger partial charge < -0.3 is 9.88 Å². The Balaban J connectivity index is 1.90. The Morgan fingerprint density at radius 1 is 1.17 bits per heavy atom. The second-order valence-electron chi connectivity index (χ2n) is 5.00. The zero-order valence-corrected chi connectivity index (χ0v) is 14.3. The highest BCUT2D eigenvalue weighted by Gasteiger charge is 2.09. The summed E-state index contributed by atoms with van der Waals surface area (Å²) in [5.41, 5.74) is 1.25. The van der Waals surface area contributed by atoms with Gasteiger partial charge in [-0.1, -0.05) is 23.7 Å². The van der Waals surface area contributed by atoms with Gasteiger partial charge in [0.2, 0.25) is 5.91 Å². The minimum Gasteiger partial charge on any atom is -0.338 e. The third kappa shape index (κ3) is 3.46. The molecule has 0 unspecified atom stereocenters. The Morgan fingerprint density at radius 3 is 2.74 bits per heavy atom. The number of carbonyl (C=O) groups is 1. The summed E-state index contributed by atoms with van der Waals surface area (Å²) in [7, 11) is 0. The zero-order valence-electron chi connectivity index (χ0n) is 11.9. The quantitative estimate of drug-likeness (QED) is 0.732. The molecule has 0 bridgehead atoms. The van der Waals surface area contributed by atoms with Crippen molar-refractivity contribution in [3.05, 3.63) is 74.4 Å². The van der Waals surface area contributed by atoms with Gasteiger partial charge in [-0.15, -0.1) is 0 Å². The van der Waals surface area contributed by atoms with Gasteiger partial charge in [-0.25, -0.2) is 0 Å². The van der Waals surface area contributed by atoms with Gasteiger partial charge in [0, 0.05) is 27.1 Å². The van der Waals surface area contributed by atoms with Crippen LogP contribution in [0.5, 0.6) is 0 Å². The summed E-state index contributed by atoms with van der Waals surface area (Å²) in [5.74, 6) is -0.184. The summed E-state index contributed by atoms with van der Waals surface area (Å²) < 4.78 is 2.53. The lowest BCUT2D eigenvalue weighted by atomic mass is 10.2. The number of pyridine rings is 1. The van der Waals surface area contributed by atoms with E-state index in [9.17, 15) is 9.59 Å². The number of rotatable bonds is 3. The number of amides is 1. The van der Waals surface area contributed by atoms with Crippen molar-refractivity contribution in [1.82, 2.24) is 4.57 Å². The molecule has 2 aromatic carbocycles. The largest absolute Gasteiger partial charge is 0.338 e. The van der Waals surface area contributed by atoms with Crippen molar-refractivity contribution in [2.24, 2.45) is 0 Å². The molecule has 1 amide bonds. The summed E-state index contributed by atoms with van der Waals surface area (Å²) in [5, 5.41) is 3.82. The predicted molar refractivity (Wildman–Crippen MR) is 96.0 cm³/mol. The molecule has 4 nitrogen and oxygen atoms in total. The zero-order chi connectivity index (χ0) is 16.4. The molecule has 0 aliphatic heterocycles. The summed E-state index contributed by atoms with van der Waals surface area (Å²) in [6.45, 7) is 0.0970. The van der Waals surface area contributed by atoms with E-state index in [1.54, 1.807) is 29.0 Å². The average molecular weight is 392 g/mol. The maximum absolute atomic E-state index is 12.3. The fourth-order valence-corrected chi connectivity index (χ4v) is 2.88. The van der Waals surface area contributed by atoms with Crippen LogP contribution in [0.2, 0.25) is 5.02 Å². The van der Waals surface area contributed by atoms with Gasteiger partial charge in [0.05, 0.1) is 11.2 Å². The van der Waals surface area contributed by atoms with Gasteiger partial charge in [-0.3, -0.25) is 9.59 Å². The second kappa shape index (κ2) is 6.56. The standard InChI is InChI=1S/C17H12BrClN2O2/c18-13-3-1-2-4-14(13)20-17(23)10-21-8-7-16(22)12-9-11(19)5-6-15(12)21/h1-9H,10H2,(H,20,23). The molecule has 3 aromatic rings. The van der Waals surface area contributed by atoms with Gasteiger partial charge >= 0.3 is 0 Å². The molecule has 1 aromatic heterocycles. The van der Waals surface area contributed by atoms with Crippen molar-refractivity contribution in [2.45, 2.75) is 6.54 Å². The van der Waals surface area contributed by atoms with Crippen LogP contribution in [0.1, 0.15) is 0 Å². The molecule has 0 saturated carbocycles. The molecule has 23 heavy (non-hydrogen) atoms. The molecular weight excluding hydrogens is 380 g/mol. The number of nitrogens with zero attached hydrogens (tertiary/aromatic N) is 1. The highest BCUT2D eigenvalue weighted by atomic mass is 79.9. The van der Waals surface area contributed by atoms with E-state index in [0.29, 0.717) is 21.6 Å². The van der Waals surface area contributed by atoms with Crippen LogP contribution >= 0.6 is 27.5 Å². The van der Waals surface area contributed by atoms with Crippen molar-refractivity contribution in [2.75, 3.05) is 5.32 Å². The van der Waals surface area contributed by atoms with Gasteiger partial charge in [-0.05, 0) is 46.3 Å². The first kappa shape index (κ1) is 15.8. The van der Waals surface area contributed by atoms with Crippen molar-refractivity contribution in [1.29, 1.82) is 0 Å². The molecule has 0 saturated heterocycles. The van der Waals surface area contributed by atoms with Crippen LogP contribution < -0.4 is 10.7 Å². The monoisotopic (exact) mass is 390 g/mol. The Morgan fingerprint density at radius 2 is 1.96 bits per heavy atom. The topological polar surface area (TPSA) is 51.1 Å². The summed E-state index contributed by atoms with van der Waals surface area (Å²) in [6, 6.07) is 13.9. The third-order valence-electron chi connectivity index (χ3n) is 3.40. The number of hydrogen-bond donors (Lipinski definition) is 1. The molecular formula is C17H12BrClN2O2. The molecule has 1 heterocycles. The van der Waals surface area contributed by atoms with E-state index in [1.807, 2.05) is 24.3 Å². The number of para-hydroxylation sites is 1. The predicted octanol–water partition coefficient (Wildman–Crippen LogP) is 4.06. The molecule has 1 N–H and O–H groups in total. The Labute approximate surface area is 145 Å². The van der Waals surface area contributed by atoms with Crippen molar-refractivity contribution < 1.29 is 4.79 Å². The fourth-order valence-electron chi connectivity index (χ4n) is 2.33. The first-order chi connectivity index (χ1) is 11.0. The van der Waals surface area contributed by atoms with Gasteiger partial charge in [-0.2, -0.15) is 0 Å². The molecule has 0 fully saturated rings. The van der Waals surface area contributed by atoms with Crippen LogP contribution in [0.25, 0.3) is 10.9 Å². The lowest BCUT2D eigenvalue weighted by Gasteiger charge is -2.12. The first-order valence-corrected chi connectivity index (χ1v) is 8.05. The van der Waals surface area contributed by atoms with E-state index < -0.39 is 0 Å². The van der Waals surface area contributed by atoms with E-state index in [-0.39, 0.29) is 17.9 Å². The van der Waals surface area contributed by atoms with Crippen LogP contribution in [0.4, 0.5) is 5.69 Å². The maximum atomic E-state index is 12.3. The van der Waals surface area contributed by atoms with Gasteiger partial charge in [0.1, 0.15) is 6.54 Å². The van der Waals surface area contributed by atoms with E-state index >= 15 is 0 Å². The van der Waals surface area contributed by atoms with E-state index in [4.69, 9.17) is 11.6 Å². The molecule has 0 aliphatic rings. The highest BCUT2D eigenvalue weighted by Crippen LogP contribution is 2.21. The summed E-state index contributed by atoms with van der Waals surface area (Å²) >= 11 is 9.33. The van der Waals surface area contributed by atoms with E-state index in [1.165, 1.54) is 6.07 Å². The number of nitrogens with one attached hydrogen (secondary N) is 1. The summed E-state index contributed by atoms with van der Waals surface area (Å²) in [4.78, 5) is 24.2. The molecule has 6 heteroatoms. The number of anilines is 1. The Bertz CT molecular complexity index is 953. The van der Waals surface area contributed by atoms with Crippen molar-refractivity contribution in [3.8, 4) is 0 Å². The maximum Gasteiger partial charge on any atom is 0.244 e. The molecule has 0 radical (unpaired) electrons. The number of halogens is 2. The minimum atomic E-state index is -0.184. The molecule has 116 valence electrons. The van der Waals surface area contributed by atoms with Crippen LogP contribution in [0, 0.1) is 0 Å². The lowest BCUT2D eigenvalue weighted by Crippen LogP contribution is -2.20. The average Bonchev–Trinajstić information content (AvgIpc) is 2.52. The second-order valence-corrected chi connectivity index (χ2v) is 6.29. The van der Waals surface area contributed by atoms with Crippen molar-refractivity contribution >= 4 is 50.0 Å². The highest BCUT2D eigenvalue weighted by molar-refractivity contribution is 9.10. The minimum absolute atomic E-state index is 0.0970. The number of aromatic nitrogens is 1. The molecule has 3 rings (SSSR count).